The maximum atomic E-state index is 3.70. The van der Waals surface area contributed by atoms with Crippen molar-refractivity contribution in [3.8, 4) is 0 Å². The first-order valence-corrected chi connectivity index (χ1v) is 9.66. The minimum Gasteiger partial charge on any atom is -0.313 e. The molecule has 2 heteroatoms. The monoisotopic (exact) mass is 294 g/mol. The average molecular weight is 295 g/mol. The number of nitrogens with one attached hydrogen (secondary N) is 1. The van der Waals surface area contributed by atoms with E-state index >= 15 is 0 Å². The summed E-state index contributed by atoms with van der Waals surface area (Å²) in [5.41, 5.74) is 0. The van der Waals surface area contributed by atoms with Gasteiger partial charge in [-0.1, -0.05) is 40.0 Å². The molecule has 1 saturated carbocycles. The van der Waals surface area contributed by atoms with Crippen LogP contribution in [0, 0.1) is 11.8 Å². The van der Waals surface area contributed by atoms with E-state index in [0.717, 1.165) is 23.9 Å². The molecule has 0 amide bonds. The van der Waals surface area contributed by atoms with Gasteiger partial charge in [0, 0.05) is 18.6 Å². The predicted octanol–water partition coefficient (Wildman–Crippen LogP) is 4.45. The Labute approximate surface area is 133 Å². The Kier molecular flexibility index (Phi) is 7.53. The molecule has 124 valence electrons. The van der Waals surface area contributed by atoms with Gasteiger partial charge in [-0.3, -0.25) is 4.90 Å². The highest BCUT2D eigenvalue weighted by atomic mass is 15.2. The predicted molar refractivity (Wildman–Crippen MR) is 92.7 cm³/mol. The van der Waals surface area contributed by atoms with E-state index in [-0.39, 0.29) is 0 Å². The van der Waals surface area contributed by atoms with Gasteiger partial charge in [0.1, 0.15) is 0 Å². The summed E-state index contributed by atoms with van der Waals surface area (Å²) in [7, 11) is 0. The minimum absolute atomic E-state index is 0.771. The van der Waals surface area contributed by atoms with Gasteiger partial charge in [-0.2, -0.15) is 0 Å². The summed E-state index contributed by atoms with van der Waals surface area (Å²) in [5.74, 6) is 1.86. The van der Waals surface area contributed by atoms with Gasteiger partial charge in [0.15, 0.2) is 0 Å². The molecule has 2 aliphatic rings. The smallest absolute Gasteiger partial charge is 0.0195 e. The zero-order valence-electron chi connectivity index (χ0n) is 14.7. The third kappa shape index (κ3) is 5.90. The number of nitrogens with zero attached hydrogens (tertiary/aromatic N) is 1. The lowest BCUT2D eigenvalue weighted by Crippen LogP contribution is -2.45. The molecule has 1 saturated heterocycles. The maximum absolute atomic E-state index is 3.70. The van der Waals surface area contributed by atoms with Gasteiger partial charge in [-0.25, -0.2) is 0 Å². The molecule has 21 heavy (non-hydrogen) atoms. The zero-order chi connectivity index (χ0) is 15.1. The molecule has 1 aliphatic heterocycles. The first-order valence-electron chi connectivity index (χ1n) is 9.66. The van der Waals surface area contributed by atoms with Crippen molar-refractivity contribution in [2.75, 3.05) is 19.6 Å². The van der Waals surface area contributed by atoms with E-state index in [0.29, 0.717) is 0 Å². The second-order valence-corrected chi connectivity index (χ2v) is 7.96. The summed E-state index contributed by atoms with van der Waals surface area (Å²) in [6.07, 6.45) is 12.8. The molecule has 1 N–H and O–H groups in total. The van der Waals surface area contributed by atoms with E-state index < -0.39 is 0 Å². The van der Waals surface area contributed by atoms with Crippen molar-refractivity contribution in [3.63, 3.8) is 0 Å². The molecule has 1 aliphatic carbocycles. The lowest BCUT2D eigenvalue weighted by Gasteiger charge is -2.39. The third-order valence-electron chi connectivity index (χ3n) is 5.49. The highest BCUT2D eigenvalue weighted by Crippen LogP contribution is 2.32. The van der Waals surface area contributed by atoms with Crippen LogP contribution in [0.15, 0.2) is 0 Å². The van der Waals surface area contributed by atoms with Crippen molar-refractivity contribution >= 4 is 0 Å². The Morgan fingerprint density at radius 3 is 2.67 bits per heavy atom. The van der Waals surface area contributed by atoms with Gasteiger partial charge in [-0.15, -0.1) is 0 Å². The second kappa shape index (κ2) is 9.15. The minimum atomic E-state index is 0.771. The molecule has 2 fully saturated rings. The summed E-state index contributed by atoms with van der Waals surface area (Å²) in [5, 5.41) is 3.70. The summed E-state index contributed by atoms with van der Waals surface area (Å²) in [6.45, 7) is 11.0. The Balaban J connectivity index is 1.87. The summed E-state index contributed by atoms with van der Waals surface area (Å²) >= 11 is 0. The van der Waals surface area contributed by atoms with Crippen molar-refractivity contribution in [1.29, 1.82) is 0 Å². The third-order valence-corrected chi connectivity index (χ3v) is 5.49. The number of rotatable bonds is 8. The van der Waals surface area contributed by atoms with Crippen LogP contribution in [-0.4, -0.2) is 36.6 Å². The van der Waals surface area contributed by atoms with Gasteiger partial charge in [0.25, 0.3) is 0 Å². The van der Waals surface area contributed by atoms with Crippen LogP contribution in [0.4, 0.5) is 0 Å². The molecule has 3 unspecified atom stereocenters. The van der Waals surface area contributed by atoms with Crippen LogP contribution in [0.5, 0.6) is 0 Å². The van der Waals surface area contributed by atoms with Crippen LogP contribution in [0.25, 0.3) is 0 Å². The van der Waals surface area contributed by atoms with E-state index in [9.17, 15) is 0 Å². The van der Waals surface area contributed by atoms with Gasteiger partial charge < -0.3 is 5.32 Å². The average Bonchev–Trinajstić information content (AvgIpc) is 2.96. The molecule has 1 heterocycles. The topological polar surface area (TPSA) is 15.3 Å². The molecule has 0 radical (unpaired) electrons. The molecule has 0 aromatic heterocycles. The number of hydrogen-bond acceptors (Lipinski definition) is 2. The summed E-state index contributed by atoms with van der Waals surface area (Å²) in [6, 6.07) is 1.64. The van der Waals surface area contributed by atoms with Crippen LogP contribution in [-0.2, 0) is 0 Å². The van der Waals surface area contributed by atoms with Gasteiger partial charge in [0.2, 0.25) is 0 Å². The molecule has 2 rings (SSSR count). The highest BCUT2D eigenvalue weighted by molar-refractivity contribution is 4.85. The Morgan fingerprint density at radius 2 is 2.00 bits per heavy atom. The summed E-state index contributed by atoms with van der Waals surface area (Å²) < 4.78 is 0. The maximum Gasteiger partial charge on any atom is 0.0195 e. The van der Waals surface area contributed by atoms with Gasteiger partial charge >= 0.3 is 0 Å². The largest absolute Gasteiger partial charge is 0.313 e. The van der Waals surface area contributed by atoms with Crippen LogP contribution in [0.3, 0.4) is 0 Å². The van der Waals surface area contributed by atoms with Crippen molar-refractivity contribution in [1.82, 2.24) is 10.2 Å². The van der Waals surface area contributed by atoms with Crippen molar-refractivity contribution in [2.24, 2.45) is 11.8 Å². The summed E-state index contributed by atoms with van der Waals surface area (Å²) in [4.78, 5) is 2.86. The Hall–Kier alpha value is -0.0800. The molecule has 0 bridgehead atoms. The van der Waals surface area contributed by atoms with Crippen molar-refractivity contribution < 1.29 is 0 Å². The number of hydrogen-bond donors (Lipinski definition) is 1. The van der Waals surface area contributed by atoms with Gasteiger partial charge in [0.05, 0.1) is 0 Å². The molecule has 0 aromatic carbocycles. The quantitative estimate of drug-likeness (QED) is 0.711. The first-order chi connectivity index (χ1) is 10.2. The van der Waals surface area contributed by atoms with Crippen LogP contribution < -0.4 is 5.32 Å². The van der Waals surface area contributed by atoms with Crippen molar-refractivity contribution in [2.45, 2.75) is 90.6 Å². The SMILES string of the molecule is CCCCN(CC1CCCN1)C1CCCC(CC(C)C)C1. The lowest BCUT2D eigenvalue weighted by molar-refractivity contribution is 0.111. The molecule has 3 atom stereocenters. The van der Waals surface area contributed by atoms with Crippen LogP contribution >= 0.6 is 0 Å². The Bertz CT molecular complexity index is 271. The Morgan fingerprint density at radius 1 is 1.14 bits per heavy atom. The van der Waals surface area contributed by atoms with E-state index in [4.69, 9.17) is 0 Å². The molecular formula is C19H38N2. The lowest BCUT2D eigenvalue weighted by atomic mass is 9.80. The van der Waals surface area contributed by atoms with Gasteiger partial charge in [-0.05, 0) is 63.5 Å². The molecule has 2 nitrogen and oxygen atoms in total. The van der Waals surface area contributed by atoms with E-state index in [1.54, 1.807) is 0 Å². The first kappa shape index (κ1) is 17.3. The molecule has 0 spiro atoms. The van der Waals surface area contributed by atoms with Crippen molar-refractivity contribution in [3.05, 3.63) is 0 Å². The van der Waals surface area contributed by atoms with E-state index in [1.807, 2.05) is 0 Å². The van der Waals surface area contributed by atoms with Crippen LogP contribution in [0.2, 0.25) is 0 Å². The molecular weight excluding hydrogens is 256 g/mol. The number of unbranched alkanes of at least 4 members (excludes halogenated alkanes) is 1. The second-order valence-electron chi connectivity index (χ2n) is 7.96. The zero-order valence-corrected chi connectivity index (χ0v) is 14.7. The molecule has 0 aromatic rings. The standard InChI is InChI=1S/C19H38N2/c1-4-5-12-21(15-18-9-7-11-20-18)19-10-6-8-17(14-19)13-16(2)3/h16-20H,4-15H2,1-3H3. The fourth-order valence-corrected chi connectivity index (χ4v) is 4.45. The fraction of sp³-hybridized carbons (Fsp3) is 1.00. The highest BCUT2D eigenvalue weighted by Gasteiger charge is 2.28. The van der Waals surface area contributed by atoms with E-state index in [2.05, 4.69) is 31.0 Å². The fourth-order valence-electron chi connectivity index (χ4n) is 4.45. The van der Waals surface area contributed by atoms with Crippen LogP contribution in [0.1, 0.15) is 78.6 Å². The van der Waals surface area contributed by atoms with E-state index in [1.165, 1.54) is 77.4 Å². The normalized spacial score (nSPS) is 30.4.